The standard InChI is InChI=1S/C19H16FN3O3S/c1-13-11-14(17-9-5-6-10-21-17)12-16(18(13)20)19(24)22-23-27(25,26)15-7-3-2-4-8-15/h2-12,23H,1H3,(H,22,24). The van der Waals surface area contributed by atoms with E-state index in [1.54, 1.807) is 48.7 Å². The molecule has 0 saturated heterocycles. The number of nitrogens with zero attached hydrogens (tertiary/aromatic N) is 1. The lowest BCUT2D eigenvalue weighted by molar-refractivity contribution is 0.0941. The van der Waals surface area contributed by atoms with Crippen molar-refractivity contribution in [1.29, 1.82) is 0 Å². The summed E-state index contributed by atoms with van der Waals surface area (Å²) in [6.45, 7) is 1.52. The van der Waals surface area contributed by atoms with E-state index in [2.05, 4.69) is 4.98 Å². The lowest BCUT2D eigenvalue weighted by Gasteiger charge is -2.11. The molecule has 0 radical (unpaired) electrons. The van der Waals surface area contributed by atoms with Gasteiger partial charge in [-0.1, -0.05) is 24.3 Å². The zero-order chi connectivity index (χ0) is 19.4. The Morgan fingerprint density at radius 3 is 2.41 bits per heavy atom. The SMILES string of the molecule is Cc1cc(-c2ccccn2)cc(C(=O)NNS(=O)(=O)c2ccccc2)c1F. The van der Waals surface area contributed by atoms with Crippen molar-refractivity contribution in [2.75, 3.05) is 0 Å². The molecule has 0 spiro atoms. The maximum atomic E-state index is 14.4. The van der Waals surface area contributed by atoms with Crippen LogP contribution in [0.1, 0.15) is 15.9 Å². The first-order chi connectivity index (χ1) is 12.9. The van der Waals surface area contributed by atoms with Crippen LogP contribution in [0.3, 0.4) is 0 Å². The molecule has 1 amide bonds. The van der Waals surface area contributed by atoms with Gasteiger partial charge in [0, 0.05) is 11.8 Å². The summed E-state index contributed by atoms with van der Waals surface area (Å²) in [5.41, 5.74) is 3.12. The van der Waals surface area contributed by atoms with Gasteiger partial charge in [-0.25, -0.2) is 12.8 Å². The Morgan fingerprint density at radius 1 is 1.04 bits per heavy atom. The van der Waals surface area contributed by atoms with Crippen LogP contribution in [0.15, 0.2) is 71.8 Å². The summed E-state index contributed by atoms with van der Waals surface area (Å²) in [5, 5.41) is 0. The van der Waals surface area contributed by atoms with Crippen molar-refractivity contribution in [2.45, 2.75) is 11.8 Å². The molecule has 27 heavy (non-hydrogen) atoms. The number of amides is 1. The molecule has 0 aliphatic heterocycles. The molecular weight excluding hydrogens is 369 g/mol. The number of aryl methyl sites for hydroxylation is 1. The molecule has 8 heteroatoms. The van der Waals surface area contributed by atoms with E-state index in [9.17, 15) is 17.6 Å². The van der Waals surface area contributed by atoms with Crippen LogP contribution in [0.5, 0.6) is 0 Å². The van der Waals surface area contributed by atoms with E-state index in [4.69, 9.17) is 0 Å². The summed E-state index contributed by atoms with van der Waals surface area (Å²) in [7, 11) is -3.97. The van der Waals surface area contributed by atoms with Gasteiger partial charge in [-0.05, 0) is 48.9 Å². The van der Waals surface area contributed by atoms with Gasteiger partial charge >= 0.3 is 0 Å². The number of carbonyl (C=O) groups is 1. The van der Waals surface area contributed by atoms with Crippen LogP contribution in [0.25, 0.3) is 11.3 Å². The van der Waals surface area contributed by atoms with Crippen LogP contribution >= 0.6 is 0 Å². The summed E-state index contributed by atoms with van der Waals surface area (Å²) >= 11 is 0. The van der Waals surface area contributed by atoms with E-state index < -0.39 is 21.7 Å². The van der Waals surface area contributed by atoms with E-state index in [0.717, 1.165) is 0 Å². The van der Waals surface area contributed by atoms with Crippen molar-refractivity contribution in [2.24, 2.45) is 0 Å². The normalized spacial score (nSPS) is 11.2. The minimum atomic E-state index is -3.97. The van der Waals surface area contributed by atoms with E-state index >= 15 is 0 Å². The monoisotopic (exact) mass is 385 g/mol. The second kappa shape index (κ2) is 7.65. The fourth-order valence-electron chi connectivity index (χ4n) is 2.46. The number of hydrogen-bond acceptors (Lipinski definition) is 4. The maximum absolute atomic E-state index is 14.4. The Hall–Kier alpha value is -3.10. The van der Waals surface area contributed by atoms with E-state index in [0.29, 0.717) is 11.3 Å². The van der Waals surface area contributed by atoms with Gasteiger partial charge in [0.15, 0.2) is 0 Å². The molecular formula is C19H16FN3O3S. The minimum absolute atomic E-state index is 0.0239. The molecule has 0 bridgehead atoms. The predicted molar refractivity (Wildman–Crippen MR) is 98.6 cm³/mol. The molecule has 0 fully saturated rings. The predicted octanol–water partition coefficient (Wildman–Crippen LogP) is 2.82. The number of aromatic nitrogens is 1. The highest BCUT2D eigenvalue weighted by atomic mass is 32.2. The van der Waals surface area contributed by atoms with E-state index in [-0.39, 0.29) is 16.0 Å². The summed E-state index contributed by atoms with van der Waals surface area (Å²) in [6.07, 6.45) is 1.59. The molecule has 138 valence electrons. The third-order valence-electron chi connectivity index (χ3n) is 3.81. The van der Waals surface area contributed by atoms with Gasteiger partial charge in [0.25, 0.3) is 15.9 Å². The number of halogens is 1. The zero-order valence-corrected chi connectivity index (χ0v) is 15.1. The molecule has 0 atom stereocenters. The minimum Gasteiger partial charge on any atom is -0.273 e. The average Bonchev–Trinajstić information content (AvgIpc) is 2.69. The number of sulfonamides is 1. The van der Waals surface area contributed by atoms with Crippen molar-refractivity contribution in [3.63, 3.8) is 0 Å². The molecule has 1 heterocycles. The fraction of sp³-hybridized carbons (Fsp3) is 0.0526. The van der Waals surface area contributed by atoms with Crippen LogP contribution in [0, 0.1) is 12.7 Å². The molecule has 0 aliphatic carbocycles. The van der Waals surface area contributed by atoms with Crippen LogP contribution in [0.4, 0.5) is 4.39 Å². The molecule has 3 rings (SSSR count). The highest BCUT2D eigenvalue weighted by Crippen LogP contribution is 2.23. The van der Waals surface area contributed by atoms with Crippen LogP contribution in [-0.2, 0) is 10.0 Å². The smallest absolute Gasteiger partial charge is 0.269 e. The molecule has 0 saturated carbocycles. The quantitative estimate of drug-likeness (QED) is 0.661. The van der Waals surface area contributed by atoms with Crippen LogP contribution in [-0.4, -0.2) is 19.3 Å². The average molecular weight is 385 g/mol. The number of nitrogens with one attached hydrogen (secondary N) is 2. The number of hydrazine groups is 1. The van der Waals surface area contributed by atoms with Gasteiger partial charge in [-0.3, -0.25) is 15.2 Å². The van der Waals surface area contributed by atoms with Gasteiger partial charge in [0.05, 0.1) is 16.2 Å². The first kappa shape index (κ1) is 18.7. The lowest BCUT2D eigenvalue weighted by Crippen LogP contribution is -2.41. The number of hydrogen-bond donors (Lipinski definition) is 2. The Kier molecular flexibility index (Phi) is 5.29. The summed E-state index contributed by atoms with van der Waals surface area (Å²) in [4.78, 5) is 18.5. The number of benzene rings is 2. The first-order valence-electron chi connectivity index (χ1n) is 7.97. The van der Waals surface area contributed by atoms with Gasteiger partial charge in [0.2, 0.25) is 0 Å². The Labute approximate surface area is 156 Å². The van der Waals surface area contributed by atoms with Crippen molar-refractivity contribution < 1.29 is 17.6 Å². The fourth-order valence-corrected chi connectivity index (χ4v) is 3.32. The first-order valence-corrected chi connectivity index (χ1v) is 9.45. The zero-order valence-electron chi connectivity index (χ0n) is 14.3. The molecule has 2 N–H and O–H groups in total. The van der Waals surface area contributed by atoms with E-state index in [1.807, 2.05) is 10.3 Å². The molecule has 0 aliphatic rings. The van der Waals surface area contributed by atoms with Gasteiger partial charge in [-0.2, -0.15) is 0 Å². The number of rotatable bonds is 5. The maximum Gasteiger partial charge on any atom is 0.269 e. The highest BCUT2D eigenvalue weighted by molar-refractivity contribution is 7.89. The van der Waals surface area contributed by atoms with Crippen LogP contribution < -0.4 is 10.3 Å². The van der Waals surface area contributed by atoms with Crippen molar-refractivity contribution in [3.8, 4) is 11.3 Å². The van der Waals surface area contributed by atoms with Gasteiger partial charge in [-0.15, -0.1) is 4.83 Å². The Balaban J connectivity index is 1.86. The number of pyridine rings is 1. The van der Waals surface area contributed by atoms with E-state index in [1.165, 1.54) is 25.1 Å². The third-order valence-corrected chi connectivity index (χ3v) is 5.08. The topological polar surface area (TPSA) is 88.2 Å². The summed E-state index contributed by atoms with van der Waals surface area (Å²) in [5.74, 6) is -1.64. The molecule has 6 nitrogen and oxygen atoms in total. The van der Waals surface area contributed by atoms with Crippen molar-refractivity contribution >= 4 is 15.9 Å². The molecule has 1 aromatic heterocycles. The van der Waals surface area contributed by atoms with Gasteiger partial charge in [0.1, 0.15) is 5.82 Å². The third kappa shape index (κ3) is 4.18. The van der Waals surface area contributed by atoms with Crippen LogP contribution in [0.2, 0.25) is 0 Å². The summed E-state index contributed by atoms with van der Waals surface area (Å²) in [6, 6.07) is 15.7. The molecule has 0 unspecified atom stereocenters. The van der Waals surface area contributed by atoms with Crippen molar-refractivity contribution in [3.05, 3.63) is 83.8 Å². The Bertz CT molecular complexity index is 1070. The second-order valence-corrected chi connectivity index (χ2v) is 7.42. The van der Waals surface area contributed by atoms with Crippen molar-refractivity contribution in [1.82, 2.24) is 15.2 Å². The Morgan fingerprint density at radius 2 is 1.74 bits per heavy atom. The highest BCUT2D eigenvalue weighted by Gasteiger charge is 2.19. The second-order valence-electron chi connectivity index (χ2n) is 5.74. The summed E-state index contributed by atoms with van der Waals surface area (Å²) < 4.78 is 38.8. The number of carbonyl (C=O) groups excluding carboxylic acids is 1. The van der Waals surface area contributed by atoms with Gasteiger partial charge < -0.3 is 0 Å². The molecule has 2 aromatic carbocycles. The lowest BCUT2D eigenvalue weighted by atomic mass is 10.0. The molecule has 3 aromatic rings. The largest absolute Gasteiger partial charge is 0.273 e.